The lowest BCUT2D eigenvalue weighted by Crippen LogP contribution is -2.28. The third-order valence-corrected chi connectivity index (χ3v) is 3.91. The van der Waals surface area contributed by atoms with Crippen molar-refractivity contribution in [1.29, 1.82) is 0 Å². The zero-order chi connectivity index (χ0) is 13.1. The molecule has 0 bridgehead atoms. The molecule has 1 atom stereocenters. The first-order valence-electron chi connectivity index (χ1n) is 6.82. The minimum atomic E-state index is -0.313. The van der Waals surface area contributed by atoms with Crippen LogP contribution in [0, 0.1) is 24.5 Å². The smallest absolute Gasteiger partial charge is 0.128 e. The third kappa shape index (κ3) is 2.72. The van der Waals surface area contributed by atoms with E-state index in [4.69, 9.17) is 0 Å². The first-order valence-corrected chi connectivity index (χ1v) is 6.82. The minimum Gasteiger partial charge on any atom is -0.310 e. The van der Waals surface area contributed by atoms with Gasteiger partial charge in [-0.25, -0.2) is 8.78 Å². The highest BCUT2D eigenvalue weighted by atomic mass is 19.1. The van der Waals surface area contributed by atoms with Gasteiger partial charge < -0.3 is 5.32 Å². The SMILES string of the molecule is CCNC(c1cc(F)c(C)cc1F)C1CCCC1. The lowest BCUT2D eigenvalue weighted by molar-refractivity contribution is 0.361. The largest absolute Gasteiger partial charge is 0.310 e. The van der Waals surface area contributed by atoms with E-state index >= 15 is 0 Å². The molecule has 0 spiro atoms. The summed E-state index contributed by atoms with van der Waals surface area (Å²) in [6, 6.07) is 2.63. The lowest BCUT2D eigenvalue weighted by Gasteiger charge is -2.25. The normalized spacial score (nSPS) is 18.2. The molecule has 0 saturated heterocycles. The Bertz CT molecular complexity index is 411. The fraction of sp³-hybridized carbons (Fsp3) is 0.600. The highest BCUT2D eigenvalue weighted by molar-refractivity contribution is 5.28. The van der Waals surface area contributed by atoms with Crippen LogP contribution in [-0.2, 0) is 0 Å². The molecular weight excluding hydrogens is 232 g/mol. The van der Waals surface area contributed by atoms with Crippen LogP contribution in [0.15, 0.2) is 12.1 Å². The van der Waals surface area contributed by atoms with Crippen LogP contribution in [0.5, 0.6) is 0 Å². The van der Waals surface area contributed by atoms with Gasteiger partial charge in [-0.05, 0) is 49.9 Å². The number of aryl methyl sites for hydroxylation is 1. The zero-order valence-electron chi connectivity index (χ0n) is 11.1. The Morgan fingerprint density at radius 2 is 1.89 bits per heavy atom. The summed E-state index contributed by atoms with van der Waals surface area (Å²) in [6.07, 6.45) is 4.60. The maximum absolute atomic E-state index is 14.1. The van der Waals surface area contributed by atoms with Gasteiger partial charge in [-0.15, -0.1) is 0 Å². The minimum absolute atomic E-state index is 0.0485. The molecule has 1 aromatic rings. The molecule has 3 heteroatoms. The molecule has 1 fully saturated rings. The van der Waals surface area contributed by atoms with E-state index in [1.807, 2.05) is 6.92 Å². The summed E-state index contributed by atoms with van der Waals surface area (Å²) >= 11 is 0. The van der Waals surface area contributed by atoms with Crippen LogP contribution in [0.25, 0.3) is 0 Å². The van der Waals surface area contributed by atoms with Gasteiger partial charge in [-0.2, -0.15) is 0 Å². The summed E-state index contributed by atoms with van der Waals surface area (Å²) in [4.78, 5) is 0. The summed E-state index contributed by atoms with van der Waals surface area (Å²) in [6.45, 7) is 4.38. The molecule has 1 nitrogen and oxygen atoms in total. The molecule has 1 N–H and O–H groups in total. The van der Waals surface area contributed by atoms with Gasteiger partial charge in [0.2, 0.25) is 0 Å². The van der Waals surface area contributed by atoms with Crippen LogP contribution in [0.2, 0.25) is 0 Å². The van der Waals surface area contributed by atoms with Gasteiger partial charge >= 0.3 is 0 Å². The number of hydrogen-bond donors (Lipinski definition) is 1. The Morgan fingerprint density at radius 3 is 2.50 bits per heavy atom. The highest BCUT2D eigenvalue weighted by Crippen LogP contribution is 2.37. The number of halogens is 2. The predicted octanol–water partition coefficient (Wildman–Crippen LogP) is 4.11. The van der Waals surface area contributed by atoms with Crippen molar-refractivity contribution in [3.8, 4) is 0 Å². The van der Waals surface area contributed by atoms with Gasteiger partial charge in [-0.3, -0.25) is 0 Å². The van der Waals surface area contributed by atoms with Gasteiger partial charge in [0.05, 0.1) is 0 Å². The van der Waals surface area contributed by atoms with Crippen LogP contribution in [0.3, 0.4) is 0 Å². The first-order chi connectivity index (χ1) is 8.63. The summed E-state index contributed by atoms with van der Waals surface area (Å²) in [5.74, 6) is -0.166. The van der Waals surface area contributed by atoms with Crippen molar-refractivity contribution in [2.75, 3.05) is 6.54 Å². The predicted molar refractivity (Wildman–Crippen MR) is 69.5 cm³/mol. The second-order valence-electron chi connectivity index (χ2n) is 5.20. The maximum atomic E-state index is 14.1. The molecule has 2 rings (SSSR count). The van der Waals surface area contributed by atoms with Gasteiger partial charge in [0.15, 0.2) is 0 Å². The van der Waals surface area contributed by atoms with Gasteiger partial charge in [0.25, 0.3) is 0 Å². The molecular formula is C15H21F2N. The Morgan fingerprint density at radius 1 is 1.22 bits per heavy atom. The Hall–Kier alpha value is -0.960. The summed E-state index contributed by atoms with van der Waals surface area (Å²) < 4.78 is 27.7. The molecule has 0 aromatic heterocycles. The zero-order valence-corrected chi connectivity index (χ0v) is 11.1. The summed E-state index contributed by atoms with van der Waals surface area (Å²) in [7, 11) is 0. The average molecular weight is 253 g/mol. The van der Waals surface area contributed by atoms with E-state index < -0.39 is 0 Å². The summed E-state index contributed by atoms with van der Waals surface area (Å²) in [5.41, 5.74) is 0.866. The first kappa shape index (κ1) is 13.5. The monoisotopic (exact) mass is 253 g/mol. The highest BCUT2D eigenvalue weighted by Gasteiger charge is 2.28. The Labute approximate surface area is 108 Å². The molecule has 1 unspecified atom stereocenters. The van der Waals surface area contributed by atoms with E-state index in [1.165, 1.54) is 25.0 Å². The molecule has 0 heterocycles. The van der Waals surface area contributed by atoms with Crippen molar-refractivity contribution in [2.24, 2.45) is 5.92 Å². The summed E-state index contributed by atoms with van der Waals surface area (Å²) in [5, 5.41) is 3.32. The molecule has 18 heavy (non-hydrogen) atoms. The van der Waals surface area contributed by atoms with Crippen molar-refractivity contribution < 1.29 is 8.78 Å². The topological polar surface area (TPSA) is 12.0 Å². The van der Waals surface area contributed by atoms with E-state index in [-0.39, 0.29) is 17.7 Å². The number of rotatable bonds is 4. The van der Waals surface area contributed by atoms with Crippen molar-refractivity contribution in [2.45, 2.75) is 45.6 Å². The Balaban J connectivity index is 2.32. The van der Waals surface area contributed by atoms with Crippen molar-refractivity contribution in [1.82, 2.24) is 5.32 Å². The Kier molecular flexibility index (Phi) is 4.33. The van der Waals surface area contributed by atoms with Gasteiger partial charge in [0, 0.05) is 11.6 Å². The molecule has 1 aliphatic rings. The molecule has 0 aliphatic heterocycles. The fourth-order valence-corrected chi connectivity index (χ4v) is 2.94. The van der Waals surface area contributed by atoms with Crippen LogP contribution in [0.4, 0.5) is 8.78 Å². The van der Waals surface area contributed by atoms with Gasteiger partial charge in [0.1, 0.15) is 11.6 Å². The van der Waals surface area contributed by atoms with Crippen LogP contribution >= 0.6 is 0 Å². The molecule has 0 amide bonds. The fourth-order valence-electron chi connectivity index (χ4n) is 2.94. The standard InChI is InChI=1S/C15H21F2N/c1-3-18-15(11-6-4-5-7-11)12-9-13(16)10(2)8-14(12)17/h8-9,11,15,18H,3-7H2,1-2H3. The maximum Gasteiger partial charge on any atom is 0.128 e. The van der Waals surface area contributed by atoms with Crippen LogP contribution in [-0.4, -0.2) is 6.54 Å². The number of nitrogens with one attached hydrogen (secondary N) is 1. The molecule has 1 aromatic carbocycles. The van der Waals surface area contributed by atoms with Gasteiger partial charge in [-0.1, -0.05) is 19.8 Å². The molecule has 1 saturated carbocycles. The van der Waals surface area contributed by atoms with E-state index in [0.29, 0.717) is 17.0 Å². The van der Waals surface area contributed by atoms with Crippen LogP contribution < -0.4 is 5.32 Å². The lowest BCUT2D eigenvalue weighted by atomic mass is 9.90. The van der Waals surface area contributed by atoms with Crippen LogP contribution in [0.1, 0.15) is 49.8 Å². The van der Waals surface area contributed by atoms with Crippen molar-refractivity contribution >= 4 is 0 Å². The van der Waals surface area contributed by atoms with E-state index in [0.717, 1.165) is 19.4 Å². The number of benzene rings is 1. The molecule has 100 valence electrons. The van der Waals surface area contributed by atoms with Crippen molar-refractivity contribution in [3.05, 3.63) is 34.9 Å². The molecule has 0 radical (unpaired) electrons. The van der Waals surface area contributed by atoms with E-state index in [1.54, 1.807) is 6.92 Å². The average Bonchev–Trinajstić information content (AvgIpc) is 2.85. The second kappa shape index (κ2) is 5.79. The van der Waals surface area contributed by atoms with Crippen molar-refractivity contribution in [3.63, 3.8) is 0 Å². The second-order valence-corrected chi connectivity index (χ2v) is 5.20. The molecule has 1 aliphatic carbocycles. The third-order valence-electron chi connectivity index (χ3n) is 3.91. The van der Waals surface area contributed by atoms with E-state index in [2.05, 4.69) is 5.32 Å². The quantitative estimate of drug-likeness (QED) is 0.851. The number of hydrogen-bond acceptors (Lipinski definition) is 1. The van der Waals surface area contributed by atoms with E-state index in [9.17, 15) is 8.78 Å².